The van der Waals surface area contributed by atoms with Gasteiger partial charge in [-0.1, -0.05) is 6.07 Å². The van der Waals surface area contributed by atoms with Crippen LogP contribution in [0.3, 0.4) is 0 Å². The average molecular weight is 314 g/mol. The Balaban J connectivity index is 1.76. The molecule has 0 amide bonds. The summed E-state index contributed by atoms with van der Waals surface area (Å²) in [5.74, 6) is 1.54. The molecule has 22 heavy (non-hydrogen) atoms. The minimum atomic E-state index is 0.618. The van der Waals surface area contributed by atoms with Crippen LogP contribution in [0, 0.1) is 6.92 Å². The fraction of sp³-hybridized carbons (Fsp3) is 0.267. The summed E-state index contributed by atoms with van der Waals surface area (Å²) in [6, 6.07) is 4.11. The van der Waals surface area contributed by atoms with Crippen LogP contribution in [0.25, 0.3) is 10.6 Å². The first-order valence-corrected chi connectivity index (χ1v) is 7.84. The first-order chi connectivity index (χ1) is 10.6. The number of hydrogen-bond acceptors (Lipinski definition) is 6. The van der Waals surface area contributed by atoms with Gasteiger partial charge in [0.25, 0.3) is 0 Å². The maximum absolute atomic E-state index is 4.54. The fourth-order valence-electron chi connectivity index (χ4n) is 2.22. The van der Waals surface area contributed by atoms with Gasteiger partial charge in [0.1, 0.15) is 5.82 Å². The van der Waals surface area contributed by atoms with Crippen LogP contribution in [0.15, 0.2) is 29.9 Å². The molecule has 0 saturated carbocycles. The highest BCUT2D eigenvalue weighted by molar-refractivity contribution is 7.13. The van der Waals surface area contributed by atoms with Crippen molar-refractivity contribution in [2.45, 2.75) is 13.5 Å². The molecule has 0 atom stereocenters. The summed E-state index contributed by atoms with van der Waals surface area (Å²) < 4.78 is 0. The first-order valence-electron chi connectivity index (χ1n) is 6.96. The second-order valence-corrected chi connectivity index (χ2v) is 6.14. The van der Waals surface area contributed by atoms with Crippen LogP contribution in [0.2, 0.25) is 0 Å². The van der Waals surface area contributed by atoms with E-state index in [1.54, 1.807) is 11.3 Å². The number of aryl methyl sites for hydroxylation is 1. The molecule has 0 fully saturated rings. The second kappa shape index (κ2) is 6.15. The number of hydrogen-bond donors (Lipinski definition) is 2. The number of aromatic nitrogens is 4. The lowest BCUT2D eigenvalue weighted by molar-refractivity contribution is 0.991. The monoisotopic (exact) mass is 314 g/mol. The summed E-state index contributed by atoms with van der Waals surface area (Å²) in [6.45, 7) is 2.63. The summed E-state index contributed by atoms with van der Waals surface area (Å²) in [5, 5.41) is 12.5. The Labute approximate surface area is 133 Å². The molecule has 0 radical (unpaired) electrons. The second-order valence-electron chi connectivity index (χ2n) is 5.20. The van der Waals surface area contributed by atoms with E-state index in [2.05, 4.69) is 36.9 Å². The van der Waals surface area contributed by atoms with E-state index in [1.807, 2.05) is 44.4 Å². The minimum absolute atomic E-state index is 0.618. The van der Waals surface area contributed by atoms with Gasteiger partial charge in [0.2, 0.25) is 5.95 Å². The molecule has 7 heteroatoms. The third kappa shape index (κ3) is 2.94. The topological polar surface area (TPSA) is 69.7 Å². The summed E-state index contributed by atoms with van der Waals surface area (Å²) in [5.41, 5.74) is 3.19. The molecule has 114 valence electrons. The van der Waals surface area contributed by atoms with E-state index in [9.17, 15) is 0 Å². The number of aromatic amines is 1. The van der Waals surface area contributed by atoms with E-state index in [1.165, 1.54) is 4.88 Å². The summed E-state index contributed by atoms with van der Waals surface area (Å²) in [6.07, 6.45) is 3.67. The van der Waals surface area contributed by atoms with Crippen LogP contribution in [-0.4, -0.2) is 34.3 Å². The van der Waals surface area contributed by atoms with Crippen molar-refractivity contribution in [1.82, 2.24) is 20.2 Å². The molecule has 0 aliphatic heterocycles. The SMILES string of the molecule is Cc1cnc(NCc2cn[nH]c2-c2cccs2)nc1N(C)C. The van der Waals surface area contributed by atoms with Crippen molar-refractivity contribution in [2.24, 2.45) is 0 Å². The molecule has 3 aromatic rings. The Kier molecular flexibility index (Phi) is 4.06. The maximum atomic E-state index is 4.54. The van der Waals surface area contributed by atoms with Gasteiger partial charge < -0.3 is 10.2 Å². The van der Waals surface area contributed by atoms with Crippen molar-refractivity contribution in [3.05, 3.63) is 41.0 Å². The average Bonchev–Trinajstić information content (AvgIpc) is 3.16. The Bertz CT molecular complexity index is 747. The summed E-state index contributed by atoms with van der Waals surface area (Å²) in [7, 11) is 3.95. The van der Waals surface area contributed by atoms with Gasteiger partial charge in [-0.05, 0) is 18.4 Å². The van der Waals surface area contributed by atoms with Crippen molar-refractivity contribution in [3.8, 4) is 10.6 Å². The zero-order valence-electron chi connectivity index (χ0n) is 12.8. The quantitative estimate of drug-likeness (QED) is 0.758. The van der Waals surface area contributed by atoms with Gasteiger partial charge in [0.05, 0.1) is 16.8 Å². The van der Waals surface area contributed by atoms with Crippen LogP contribution >= 0.6 is 11.3 Å². The molecule has 0 spiro atoms. The van der Waals surface area contributed by atoms with Crippen LogP contribution in [-0.2, 0) is 6.54 Å². The lowest BCUT2D eigenvalue weighted by atomic mass is 10.2. The van der Waals surface area contributed by atoms with Crippen molar-refractivity contribution in [3.63, 3.8) is 0 Å². The minimum Gasteiger partial charge on any atom is -0.362 e. The van der Waals surface area contributed by atoms with Gasteiger partial charge in [0.15, 0.2) is 0 Å². The molecule has 0 bridgehead atoms. The van der Waals surface area contributed by atoms with Crippen LogP contribution in [0.1, 0.15) is 11.1 Å². The lowest BCUT2D eigenvalue weighted by Crippen LogP contribution is -2.14. The number of rotatable bonds is 5. The predicted molar refractivity (Wildman–Crippen MR) is 90.3 cm³/mol. The highest BCUT2D eigenvalue weighted by atomic mass is 32.1. The molecule has 3 aromatic heterocycles. The molecule has 0 aliphatic carbocycles. The van der Waals surface area contributed by atoms with E-state index in [0.717, 1.165) is 22.6 Å². The third-order valence-corrected chi connectivity index (χ3v) is 4.18. The standard InChI is InChI=1S/C15H18N6S/c1-10-7-16-15(19-14(10)21(2)3)17-8-11-9-18-20-13(11)12-5-4-6-22-12/h4-7,9H,8H2,1-3H3,(H,18,20)(H,16,17,19). The maximum Gasteiger partial charge on any atom is 0.224 e. The first kappa shape index (κ1) is 14.5. The van der Waals surface area contributed by atoms with Crippen LogP contribution < -0.4 is 10.2 Å². The van der Waals surface area contributed by atoms with Crippen LogP contribution in [0.4, 0.5) is 11.8 Å². The molecule has 6 nitrogen and oxygen atoms in total. The smallest absolute Gasteiger partial charge is 0.224 e. The number of nitrogens with zero attached hydrogens (tertiary/aromatic N) is 4. The Morgan fingerprint density at radius 2 is 2.18 bits per heavy atom. The number of anilines is 2. The zero-order valence-corrected chi connectivity index (χ0v) is 13.6. The van der Waals surface area contributed by atoms with Gasteiger partial charge in [0, 0.05) is 38.0 Å². The van der Waals surface area contributed by atoms with Gasteiger partial charge in [-0.3, -0.25) is 5.10 Å². The van der Waals surface area contributed by atoms with Gasteiger partial charge in [-0.25, -0.2) is 4.98 Å². The largest absolute Gasteiger partial charge is 0.362 e. The molecule has 3 rings (SSSR count). The number of thiophene rings is 1. The lowest BCUT2D eigenvalue weighted by Gasteiger charge is -2.15. The summed E-state index contributed by atoms with van der Waals surface area (Å²) >= 11 is 1.69. The number of nitrogens with one attached hydrogen (secondary N) is 2. The fourth-order valence-corrected chi connectivity index (χ4v) is 2.98. The van der Waals surface area contributed by atoms with Crippen molar-refractivity contribution in [2.75, 3.05) is 24.3 Å². The highest BCUT2D eigenvalue weighted by Crippen LogP contribution is 2.26. The normalized spacial score (nSPS) is 10.7. The molecule has 0 aliphatic rings. The van der Waals surface area contributed by atoms with Gasteiger partial charge in [-0.15, -0.1) is 11.3 Å². The van der Waals surface area contributed by atoms with E-state index in [-0.39, 0.29) is 0 Å². The van der Waals surface area contributed by atoms with E-state index >= 15 is 0 Å². The zero-order chi connectivity index (χ0) is 15.5. The predicted octanol–water partition coefficient (Wildman–Crippen LogP) is 2.91. The Morgan fingerprint density at radius 1 is 1.32 bits per heavy atom. The number of H-pyrrole nitrogens is 1. The van der Waals surface area contributed by atoms with E-state index in [0.29, 0.717) is 12.5 Å². The van der Waals surface area contributed by atoms with Gasteiger partial charge in [-0.2, -0.15) is 10.1 Å². The highest BCUT2D eigenvalue weighted by Gasteiger charge is 2.10. The Hall–Kier alpha value is -2.41. The molecule has 0 aromatic carbocycles. The van der Waals surface area contributed by atoms with E-state index < -0.39 is 0 Å². The Morgan fingerprint density at radius 3 is 2.91 bits per heavy atom. The molecule has 0 saturated heterocycles. The molecular formula is C15H18N6S. The van der Waals surface area contributed by atoms with E-state index in [4.69, 9.17) is 0 Å². The molecule has 0 unspecified atom stereocenters. The van der Waals surface area contributed by atoms with Crippen molar-refractivity contribution >= 4 is 23.1 Å². The molecule has 2 N–H and O–H groups in total. The molecular weight excluding hydrogens is 296 g/mol. The summed E-state index contributed by atoms with van der Waals surface area (Å²) in [4.78, 5) is 12.0. The molecule has 3 heterocycles. The van der Waals surface area contributed by atoms with Crippen molar-refractivity contribution in [1.29, 1.82) is 0 Å². The van der Waals surface area contributed by atoms with Crippen LogP contribution in [0.5, 0.6) is 0 Å². The van der Waals surface area contributed by atoms with Crippen molar-refractivity contribution < 1.29 is 0 Å². The van der Waals surface area contributed by atoms with Gasteiger partial charge >= 0.3 is 0 Å². The third-order valence-electron chi connectivity index (χ3n) is 3.29.